The summed E-state index contributed by atoms with van der Waals surface area (Å²) in [5.74, 6) is 0. The lowest BCUT2D eigenvalue weighted by molar-refractivity contribution is 0.596. The fraction of sp³-hybridized carbons (Fsp3) is 0.200. The van der Waals surface area contributed by atoms with E-state index in [9.17, 15) is 0 Å². The van der Waals surface area contributed by atoms with E-state index in [0.717, 1.165) is 16.7 Å². The van der Waals surface area contributed by atoms with Crippen LogP contribution in [0.5, 0.6) is 0 Å². The van der Waals surface area contributed by atoms with Crippen LogP contribution in [-0.2, 0) is 5.41 Å². The molecule has 0 aliphatic heterocycles. The van der Waals surface area contributed by atoms with Gasteiger partial charge in [-0.25, -0.2) is 4.98 Å². The van der Waals surface area contributed by atoms with Gasteiger partial charge in [-0.05, 0) is 59.0 Å². The Morgan fingerprint density at radius 1 is 0.893 bits per heavy atom. The minimum atomic E-state index is 0.0533. The zero-order valence-electron chi connectivity index (χ0n) is 16.6. The molecule has 0 spiro atoms. The number of benzene rings is 2. The Balaban J connectivity index is 1.91. The summed E-state index contributed by atoms with van der Waals surface area (Å²) in [6.07, 6.45) is 1.85. The molecule has 5 aromatic rings. The second kappa shape index (κ2) is 6.11. The van der Waals surface area contributed by atoms with Gasteiger partial charge in [0.2, 0.25) is 0 Å². The van der Waals surface area contributed by atoms with Crippen LogP contribution in [-0.4, -0.2) is 9.97 Å². The fourth-order valence-electron chi connectivity index (χ4n) is 4.00. The average molecular weight is 383 g/mol. The standard InChI is InChI=1S/C25H22N2S/c1-15-12-19-22(27-21-10-7-11-26-23(21)24(19)28-15)17-13-16-8-5-6-9-18(16)20(14-17)25(2,3)4/h5-14H,1-4H3. The van der Waals surface area contributed by atoms with Crippen molar-refractivity contribution in [3.05, 3.63) is 71.2 Å². The first-order valence-corrected chi connectivity index (χ1v) is 10.4. The van der Waals surface area contributed by atoms with E-state index in [1.54, 1.807) is 11.3 Å². The van der Waals surface area contributed by atoms with E-state index < -0.39 is 0 Å². The van der Waals surface area contributed by atoms with E-state index in [2.05, 4.69) is 81.2 Å². The SMILES string of the molecule is Cc1cc2c(-c3cc(C(C)(C)C)c4ccccc4c3)nc3cccnc3c2s1. The number of hydrogen-bond donors (Lipinski definition) is 0. The van der Waals surface area contributed by atoms with Gasteiger partial charge in [0.25, 0.3) is 0 Å². The topological polar surface area (TPSA) is 25.8 Å². The molecule has 0 saturated heterocycles. The van der Waals surface area contributed by atoms with Crippen molar-refractivity contribution in [2.24, 2.45) is 0 Å². The van der Waals surface area contributed by atoms with Crippen LogP contribution in [0.4, 0.5) is 0 Å². The number of aromatic nitrogens is 2. The highest BCUT2D eigenvalue weighted by atomic mass is 32.1. The first-order chi connectivity index (χ1) is 13.4. The zero-order chi connectivity index (χ0) is 19.5. The van der Waals surface area contributed by atoms with Gasteiger partial charge in [-0.15, -0.1) is 11.3 Å². The quantitative estimate of drug-likeness (QED) is 0.305. The molecule has 3 heterocycles. The maximum atomic E-state index is 5.06. The first kappa shape index (κ1) is 17.3. The van der Waals surface area contributed by atoms with Gasteiger partial charge < -0.3 is 0 Å². The van der Waals surface area contributed by atoms with Gasteiger partial charge in [-0.3, -0.25) is 4.98 Å². The third-order valence-corrected chi connectivity index (χ3v) is 6.34. The summed E-state index contributed by atoms with van der Waals surface area (Å²) in [5.41, 5.74) is 5.59. The van der Waals surface area contributed by atoms with Gasteiger partial charge in [-0.2, -0.15) is 0 Å². The van der Waals surface area contributed by atoms with Gasteiger partial charge in [0, 0.05) is 22.0 Å². The van der Waals surface area contributed by atoms with Crippen molar-refractivity contribution in [3.63, 3.8) is 0 Å². The fourth-order valence-corrected chi connectivity index (χ4v) is 5.01. The van der Waals surface area contributed by atoms with Crippen molar-refractivity contribution in [2.75, 3.05) is 0 Å². The summed E-state index contributed by atoms with van der Waals surface area (Å²) in [7, 11) is 0. The molecule has 2 nitrogen and oxygen atoms in total. The van der Waals surface area contributed by atoms with E-state index in [1.165, 1.54) is 36.9 Å². The van der Waals surface area contributed by atoms with Crippen LogP contribution < -0.4 is 0 Å². The second-order valence-corrected chi connectivity index (χ2v) is 9.68. The number of aryl methyl sites for hydroxylation is 1. The van der Waals surface area contributed by atoms with E-state index in [0.29, 0.717) is 0 Å². The Hall–Kier alpha value is -2.78. The molecule has 0 saturated carbocycles. The molecule has 0 aliphatic carbocycles. The van der Waals surface area contributed by atoms with Gasteiger partial charge >= 0.3 is 0 Å². The Bertz CT molecular complexity index is 1360. The lowest BCUT2D eigenvalue weighted by Crippen LogP contribution is -2.12. The molecule has 3 aromatic heterocycles. The molecule has 28 heavy (non-hydrogen) atoms. The van der Waals surface area contributed by atoms with E-state index in [-0.39, 0.29) is 5.41 Å². The molecular formula is C25H22N2S. The predicted molar refractivity (Wildman–Crippen MR) is 121 cm³/mol. The van der Waals surface area contributed by atoms with Gasteiger partial charge in [0.1, 0.15) is 5.52 Å². The molecule has 0 amide bonds. The van der Waals surface area contributed by atoms with Crippen molar-refractivity contribution < 1.29 is 0 Å². The summed E-state index contributed by atoms with van der Waals surface area (Å²) in [6.45, 7) is 8.99. The molecule has 0 aliphatic rings. The normalized spacial score (nSPS) is 12.3. The third kappa shape index (κ3) is 2.70. The van der Waals surface area contributed by atoms with E-state index >= 15 is 0 Å². The molecular weight excluding hydrogens is 360 g/mol. The zero-order valence-corrected chi connectivity index (χ0v) is 17.4. The minimum absolute atomic E-state index is 0.0533. The van der Waals surface area contributed by atoms with Crippen molar-refractivity contribution in [3.8, 4) is 11.3 Å². The molecule has 3 heteroatoms. The second-order valence-electron chi connectivity index (χ2n) is 8.43. The molecule has 0 radical (unpaired) electrons. The molecule has 0 atom stereocenters. The maximum Gasteiger partial charge on any atom is 0.106 e. The van der Waals surface area contributed by atoms with Gasteiger partial charge in [0.05, 0.1) is 15.9 Å². The lowest BCUT2D eigenvalue weighted by atomic mass is 9.82. The molecule has 2 aromatic carbocycles. The Morgan fingerprint density at radius 3 is 2.54 bits per heavy atom. The van der Waals surface area contributed by atoms with E-state index in [4.69, 9.17) is 4.98 Å². The van der Waals surface area contributed by atoms with E-state index in [1.807, 2.05) is 12.3 Å². The number of nitrogens with zero attached hydrogens (tertiary/aromatic N) is 2. The number of pyridine rings is 2. The number of rotatable bonds is 1. The van der Waals surface area contributed by atoms with Crippen LogP contribution in [0.1, 0.15) is 31.2 Å². The highest BCUT2D eigenvalue weighted by Crippen LogP contribution is 2.40. The van der Waals surface area contributed by atoms with Crippen molar-refractivity contribution in [1.29, 1.82) is 0 Å². The van der Waals surface area contributed by atoms with Crippen LogP contribution in [0.2, 0.25) is 0 Å². The summed E-state index contributed by atoms with van der Waals surface area (Å²) in [4.78, 5) is 11.0. The Labute approximate surface area is 168 Å². The van der Waals surface area contributed by atoms with Gasteiger partial charge in [0.15, 0.2) is 0 Å². The highest BCUT2D eigenvalue weighted by molar-refractivity contribution is 7.20. The molecule has 138 valence electrons. The summed E-state index contributed by atoms with van der Waals surface area (Å²) < 4.78 is 1.23. The largest absolute Gasteiger partial charge is 0.253 e. The first-order valence-electron chi connectivity index (χ1n) is 9.60. The molecule has 0 fully saturated rings. The Morgan fingerprint density at radius 2 is 1.71 bits per heavy atom. The number of fused-ring (bicyclic) bond motifs is 4. The molecule has 0 N–H and O–H groups in total. The van der Waals surface area contributed by atoms with Crippen molar-refractivity contribution in [2.45, 2.75) is 33.1 Å². The van der Waals surface area contributed by atoms with Gasteiger partial charge in [-0.1, -0.05) is 45.0 Å². The minimum Gasteiger partial charge on any atom is -0.253 e. The van der Waals surface area contributed by atoms with Crippen LogP contribution in [0.15, 0.2) is 60.8 Å². The number of hydrogen-bond acceptors (Lipinski definition) is 3. The Kier molecular flexibility index (Phi) is 3.78. The number of thiophene rings is 1. The summed E-state index contributed by atoms with van der Waals surface area (Å²) in [6, 6.07) is 19.6. The molecule has 0 unspecified atom stereocenters. The van der Waals surface area contributed by atoms with Crippen LogP contribution in [0.3, 0.4) is 0 Å². The van der Waals surface area contributed by atoms with Crippen LogP contribution in [0, 0.1) is 6.92 Å². The molecule has 5 rings (SSSR count). The smallest absolute Gasteiger partial charge is 0.106 e. The maximum absolute atomic E-state index is 5.06. The third-order valence-electron chi connectivity index (χ3n) is 5.29. The van der Waals surface area contributed by atoms with Crippen molar-refractivity contribution in [1.82, 2.24) is 9.97 Å². The lowest BCUT2D eigenvalue weighted by Gasteiger charge is -2.23. The summed E-state index contributed by atoms with van der Waals surface area (Å²) >= 11 is 1.80. The van der Waals surface area contributed by atoms with Crippen LogP contribution in [0.25, 0.3) is 43.1 Å². The monoisotopic (exact) mass is 382 g/mol. The predicted octanol–water partition coefficient (Wildman–Crippen LogP) is 7.27. The van der Waals surface area contributed by atoms with Crippen LogP contribution >= 0.6 is 11.3 Å². The highest BCUT2D eigenvalue weighted by Gasteiger charge is 2.20. The van der Waals surface area contributed by atoms with Crippen molar-refractivity contribution >= 4 is 43.2 Å². The molecule has 0 bridgehead atoms. The summed E-state index contributed by atoms with van der Waals surface area (Å²) in [5, 5.41) is 3.78. The average Bonchev–Trinajstić information content (AvgIpc) is 3.07.